The van der Waals surface area contributed by atoms with Crippen molar-refractivity contribution in [3.8, 4) is 0 Å². The summed E-state index contributed by atoms with van der Waals surface area (Å²) >= 11 is 0. The molecule has 0 fully saturated rings. The Morgan fingerprint density at radius 1 is 0.947 bits per heavy atom. The molecule has 0 aliphatic rings. The van der Waals surface area contributed by atoms with Gasteiger partial charge in [-0.25, -0.2) is 4.79 Å². The molecule has 2 N–H and O–H groups in total. The molecule has 2 aromatic carbocycles. The van der Waals surface area contributed by atoms with Gasteiger partial charge in [0, 0.05) is 5.69 Å². The molecular formula is C14H13N3O2. The molecule has 2 amide bonds. The molecule has 0 aromatic heterocycles. The van der Waals surface area contributed by atoms with E-state index in [2.05, 4.69) is 15.8 Å². The standard InChI is InChI=1S/C14H13N3O2/c1-10-6-2-3-7-11(10)15-14(18)16-12-8-4-5-9-13(12)17-19/h2-9H,1H3,(H2,15,16,18). The zero-order chi connectivity index (χ0) is 13.7. The summed E-state index contributed by atoms with van der Waals surface area (Å²) in [5.74, 6) is 0. The number of anilines is 2. The molecule has 0 aliphatic carbocycles. The lowest BCUT2D eigenvalue weighted by atomic mass is 10.2. The molecule has 2 aromatic rings. The van der Waals surface area contributed by atoms with E-state index in [1.807, 2.05) is 25.1 Å². The van der Waals surface area contributed by atoms with Crippen LogP contribution in [0.3, 0.4) is 0 Å². The Labute approximate surface area is 110 Å². The van der Waals surface area contributed by atoms with E-state index in [0.29, 0.717) is 5.69 Å². The minimum Gasteiger partial charge on any atom is -0.307 e. The van der Waals surface area contributed by atoms with Crippen molar-refractivity contribution in [2.75, 3.05) is 10.6 Å². The van der Waals surface area contributed by atoms with Crippen LogP contribution in [0.15, 0.2) is 53.7 Å². The molecule has 0 heterocycles. The second-order valence-corrected chi connectivity index (χ2v) is 4.00. The summed E-state index contributed by atoms with van der Waals surface area (Å²) in [4.78, 5) is 22.4. The number of hydrogen-bond donors (Lipinski definition) is 2. The van der Waals surface area contributed by atoms with Gasteiger partial charge in [-0.15, -0.1) is 4.91 Å². The van der Waals surface area contributed by atoms with Crippen molar-refractivity contribution in [2.45, 2.75) is 6.92 Å². The second kappa shape index (κ2) is 5.77. The number of urea groups is 1. The number of amides is 2. The molecule has 0 bridgehead atoms. The molecule has 0 saturated carbocycles. The average Bonchev–Trinajstić information content (AvgIpc) is 2.42. The number of carbonyl (C=O) groups excluding carboxylic acids is 1. The number of hydrogen-bond acceptors (Lipinski definition) is 3. The van der Waals surface area contributed by atoms with Gasteiger partial charge in [0.1, 0.15) is 5.69 Å². The van der Waals surface area contributed by atoms with Crippen LogP contribution in [0, 0.1) is 11.8 Å². The lowest BCUT2D eigenvalue weighted by Gasteiger charge is -2.10. The molecular weight excluding hydrogens is 242 g/mol. The molecule has 19 heavy (non-hydrogen) atoms. The maximum absolute atomic E-state index is 11.8. The number of rotatable bonds is 3. The smallest absolute Gasteiger partial charge is 0.307 e. The molecule has 0 aliphatic heterocycles. The molecule has 2 rings (SSSR count). The highest BCUT2D eigenvalue weighted by atomic mass is 16.3. The van der Waals surface area contributed by atoms with Gasteiger partial charge in [-0.1, -0.05) is 30.3 Å². The highest BCUT2D eigenvalue weighted by molar-refractivity contribution is 6.01. The van der Waals surface area contributed by atoms with Gasteiger partial charge in [0.2, 0.25) is 0 Å². The number of aryl methyl sites for hydroxylation is 1. The Kier molecular flexibility index (Phi) is 3.87. The number of nitrogens with one attached hydrogen (secondary N) is 2. The quantitative estimate of drug-likeness (QED) is 0.812. The fourth-order valence-corrected chi connectivity index (χ4v) is 1.65. The first-order valence-corrected chi connectivity index (χ1v) is 5.77. The highest BCUT2D eigenvalue weighted by Gasteiger charge is 2.07. The number of para-hydroxylation sites is 2. The first-order valence-electron chi connectivity index (χ1n) is 5.77. The minimum absolute atomic E-state index is 0.197. The summed E-state index contributed by atoms with van der Waals surface area (Å²) in [6.07, 6.45) is 0. The molecule has 0 saturated heterocycles. The van der Waals surface area contributed by atoms with Gasteiger partial charge in [-0.3, -0.25) is 0 Å². The minimum atomic E-state index is -0.412. The van der Waals surface area contributed by atoms with Crippen LogP contribution in [-0.2, 0) is 0 Å². The largest absolute Gasteiger partial charge is 0.323 e. The SMILES string of the molecule is Cc1ccccc1NC(=O)Nc1ccccc1N=O. The van der Waals surface area contributed by atoms with E-state index in [0.717, 1.165) is 11.3 Å². The highest BCUT2D eigenvalue weighted by Crippen LogP contribution is 2.24. The number of nitroso groups, excluding NO2 is 1. The van der Waals surface area contributed by atoms with Gasteiger partial charge >= 0.3 is 6.03 Å². The van der Waals surface area contributed by atoms with E-state index in [1.54, 1.807) is 24.3 Å². The number of benzene rings is 2. The molecule has 0 atom stereocenters. The summed E-state index contributed by atoms with van der Waals surface area (Å²) in [6, 6.07) is 13.6. The van der Waals surface area contributed by atoms with E-state index in [4.69, 9.17) is 0 Å². The predicted octanol–water partition coefficient (Wildman–Crippen LogP) is 4.04. The zero-order valence-electron chi connectivity index (χ0n) is 10.4. The lowest BCUT2D eigenvalue weighted by molar-refractivity contribution is 0.262. The van der Waals surface area contributed by atoms with Crippen LogP contribution in [-0.4, -0.2) is 6.03 Å². The zero-order valence-corrected chi connectivity index (χ0v) is 10.4. The van der Waals surface area contributed by atoms with Crippen molar-refractivity contribution >= 4 is 23.1 Å². The van der Waals surface area contributed by atoms with Crippen molar-refractivity contribution < 1.29 is 4.79 Å². The predicted molar refractivity (Wildman–Crippen MR) is 75.7 cm³/mol. The van der Waals surface area contributed by atoms with Gasteiger partial charge in [-0.2, -0.15) is 0 Å². The van der Waals surface area contributed by atoms with Crippen LogP contribution < -0.4 is 10.6 Å². The first-order chi connectivity index (χ1) is 9.20. The number of nitrogens with zero attached hydrogens (tertiary/aromatic N) is 1. The Balaban J connectivity index is 2.10. The van der Waals surface area contributed by atoms with E-state index in [-0.39, 0.29) is 5.69 Å². The maximum atomic E-state index is 11.8. The van der Waals surface area contributed by atoms with E-state index in [9.17, 15) is 9.70 Å². The van der Waals surface area contributed by atoms with Crippen molar-refractivity contribution in [1.82, 2.24) is 0 Å². The Bertz CT molecular complexity index is 611. The van der Waals surface area contributed by atoms with E-state index < -0.39 is 6.03 Å². The Morgan fingerprint density at radius 3 is 2.21 bits per heavy atom. The lowest BCUT2D eigenvalue weighted by Crippen LogP contribution is -2.19. The molecule has 0 spiro atoms. The summed E-state index contributed by atoms with van der Waals surface area (Å²) in [5, 5.41) is 8.17. The van der Waals surface area contributed by atoms with E-state index in [1.165, 1.54) is 6.07 Å². The fraction of sp³-hybridized carbons (Fsp3) is 0.0714. The normalized spacial score (nSPS) is 9.74. The van der Waals surface area contributed by atoms with Gasteiger partial charge in [0.25, 0.3) is 0 Å². The van der Waals surface area contributed by atoms with Gasteiger partial charge < -0.3 is 10.6 Å². The molecule has 5 heteroatoms. The molecule has 0 unspecified atom stereocenters. The van der Waals surface area contributed by atoms with Gasteiger partial charge in [0.15, 0.2) is 0 Å². The summed E-state index contributed by atoms with van der Waals surface area (Å²) in [7, 11) is 0. The van der Waals surface area contributed by atoms with Gasteiger partial charge in [-0.05, 0) is 35.9 Å². The van der Waals surface area contributed by atoms with E-state index >= 15 is 0 Å². The third-order valence-electron chi connectivity index (χ3n) is 2.64. The summed E-state index contributed by atoms with van der Waals surface area (Å²) < 4.78 is 0. The second-order valence-electron chi connectivity index (χ2n) is 4.00. The summed E-state index contributed by atoms with van der Waals surface area (Å²) in [6.45, 7) is 1.90. The third-order valence-corrected chi connectivity index (χ3v) is 2.64. The fourth-order valence-electron chi connectivity index (χ4n) is 1.65. The summed E-state index contributed by atoms with van der Waals surface area (Å²) in [5.41, 5.74) is 2.25. The van der Waals surface area contributed by atoms with Crippen molar-refractivity contribution in [2.24, 2.45) is 5.18 Å². The maximum Gasteiger partial charge on any atom is 0.323 e. The monoisotopic (exact) mass is 255 g/mol. The molecule has 5 nitrogen and oxygen atoms in total. The third kappa shape index (κ3) is 3.16. The molecule has 0 radical (unpaired) electrons. The first kappa shape index (κ1) is 12.8. The van der Waals surface area contributed by atoms with Crippen LogP contribution in [0.25, 0.3) is 0 Å². The average molecular weight is 255 g/mol. The topological polar surface area (TPSA) is 70.6 Å². The van der Waals surface area contributed by atoms with Crippen LogP contribution in [0.2, 0.25) is 0 Å². The van der Waals surface area contributed by atoms with Crippen LogP contribution in [0.5, 0.6) is 0 Å². The van der Waals surface area contributed by atoms with Crippen molar-refractivity contribution in [1.29, 1.82) is 0 Å². The molecule has 96 valence electrons. The Morgan fingerprint density at radius 2 is 1.53 bits per heavy atom. The van der Waals surface area contributed by atoms with Crippen LogP contribution in [0.1, 0.15) is 5.56 Å². The van der Waals surface area contributed by atoms with Crippen molar-refractivity contribution in [3.63, 3.8) is 0 Å². The van der Waals surface area contributed by atoms with Crippen LogP contribution >= 0.6 is 0 Å². The van der Waals surface area contributed by atoms with Gasteiger partial charge in [0.05, 0.1) is 5.69 Å². The number of carbonyl (C=O) groups is 1. The van der Waals surface area contributed by atoms with Crippen LogP contribution in [0.4, 0.5) is 21.9 Å². The van der Waals surface area contributed by atoms with Crippen molar-refractivity contribution in [3.05, 3.63) is 59.0 Å². The Hall–Kier alpha value is -2.69.